The quantitative estimate of drug-likeness (QED) is 0.850. The Kier molecular flexibility index (Phi) is 5.49. The van der Waals surface area contributed by atoms with Crippen LogP contribution in [0.25, 0.3) is 0 Å². The summed E-state index contributed by atoms with van der Waals surface area (Å²) in [6.07, 6.45) is 5.52. The molecule has 6 heteroatoms. The van der Waals surface area contributed by atoms with Crippen LogP contribution in [0.3, 0.4) is 0 Å². The molecule has 3 unspecified atom stereocenters. The SMILES string of the molecule is CCC(C(=O)N1C2CCNCC1CC2)N1CCCC1=O.Cl. The van der Waals surface area contributed by atoms with Crippen molar-refractivity contribution < 1.29 is 9.59 Å². The van der Waals surface area contributed by atoms with Gasteiger partial charge in [-0.15, -0.1) is 12.4 Å². The number of fused-ring (bicyclic) bond motifs is 2. The van der Waals surface area contributed by atoms with Crippen LogP contribution >= 0.6 is 12.4 Å². The first kappa shape index (κ1) is 16.6. The van der Waals surface area contributed by atoms with E-state index < -0.39 is 0 Å². The molecule has 3 aliphatic rings. The minimum absolute atomic E-state index is 0. The van der Waals surface area contributed by atoms with Crippen molar-refractivity contribution in [2.75, 3.05) is 19.6 Å². The summed E-state index contributed by atoms with van der Waals surface area (Å²) in [7, 11) is 0. The minimum Gasteiger partial charge on any atom is -0.334 e. The molecule has 3 fully saturated rings. The molecule has 5 nitrogen and oxygen atoms in total. The molecular formula is C15H26ClN3O2. The van der Waals surface area contributed by atoms with E-state index in [1.807, 2.05) is 11.8 Å². The highest BCUT2D eigenvalue weighted by atomic mass is 35.5. The summed E-state index contributed by atoms with van der Waals surface area (Å²) in [6, 6.07) is 0.488. The Morgan fingerprint density at radius 3 is 2.76 bits per heavy atom. The van der Waals surface area contributed by atoms with Gasteiger partial charge < -0.3 is 15.1 Å². The molecule has 21 heavy (non-hydrogen) atoms. The number of nitrogens with zero attached hydrogens (tertiary/aromatic N) is 2. The highest BCUT2D eigenvalue weighted by molar-refractivity contribution is 5.89. The maximum absolute atomic E-state index is 13.0. The third kappa shape index (κ3) is 3.04. The lowest BCUT2D eigenvalue weighted by molar-refractivity contribution is -0.145. The van der Waals surface area contributed by atoms with Gasteiger partial charge in [0.25, 0.3) is 0 Å². The topological polar surface area (TPSA) is 52.7 Å². The number of rotatable bonds is 3. The molecule has 1 N–H and O–H groups in total. The van der Waals surface area contributed by atoms with Crippen molar-refractivity contribution in [2.24, 2.45) is 0 Å². The lowest BCUT2D eigenvalue weighted by Crippen LogP contribution is -2.53. The first-order valence-corrected chi connectivity index (χ1v) is 8.04. The Hall–Kier alpha value is -0.810. The number of carbonyl (C=O) groups is 2. The summed E-state index contributed by atoms with van der Waals surface area (Å²) in [5.41, 5.74) is 0. The Morgan fingerprint density at radius 2 is 2.10 bits per heavy atom. The Balaban J connectivity index is 0.00000161. The first-order valence-electron chi connectivity index (χ1n) is 8.04. The predicted molar refractivity (Wildman–Crippen MR) is 83.4 cm³/mol. The maximum atomic E-state index is 13.0. The lowest BCUT2D eigenvalue weighted by atomic mass is 10.1. The van der Waals surface area contributed by atoms with Gasteiger partial charge in [0.2, 0.25) is 11.8 Å². The van der Waals surface area contributed by atoms with Crippen molar-refractivity contribution in [3.8, 4) is 0 Å². The Bertz CT molecular complexity index is 390. The number of likely N-dealkylation sites (tertiary alicyclic amines) is 1. The summed E-state index contributed by atoms with van der Waals surface area (Å²) in [5, 5.41) is 3.42. The molecule has 3 rings (SSSR count). The van der Waals surface area contributed by atoms with Gasteiger partial charge in [-0.3, -0.25) is 9.59 Å². The molecule has 3 atom stereocenters. The van der Waals surface area contributed by atoms with Gasteiger partial charge in [-0.2, -0.15) is 0 Å². The van der Waals surface area contributed by atoms with Gasteiger partial charge >= 0.3 is 0 Å². The van der Waals surface area contributed by atoms with Gasteiger partial charge in [0.05, 0.1) is 0 Å². The standard InChI is InChI=1S/C15H25N3O2.ClH/c1-2-13(17-9-3-4-14(17)19)15(20)18-11-5-6-12(18)10-16-8-7-11;/h11-13,16H,2-10H2,1H3;1H. The molecule has 0 spiro atoms. The number of hydrogen-bond donors (Lipinski definition) is 1. The van der Waals surface area contributed by atoms with E-state index in [0.717, 1.165) is 51.7 Å². The second-order valence-corrected chi connectivity index (χ2v) is 6.24. The highest BCUT2D eigenvalue weighted by Crippen LogP contribution is 2.30. The summed E-state index contributed by atoms with van der Waals surface area (Å²) in [6.45, 7) is 4.69. The van der Waals surface area contributed by atoms with Crippen LogP contribution < -0.4 is 5.32 Å². The molecule has 2 bridgehead atoms. The number of carbonyl (C=O) groups excluding carboxylic acids is 2. The van der Waals surface area contributed by atoms with Crippen molar-refractivity contribution in [1.82, 2.24) is 15.1 Å². The summed E-state index contributed by atoms with van der Waals surface area (Å²) in [5.74, 6) is 0.351. The van der Waals surface area contributed by atoms with E-state index in [1.165, 1.54) is 0 Å². The van der Waals surface area contributed by atoms with E-state index in [9.17, 15) is 9.59 Å². The fourth-order valence-corrected chi connectivity index (χ4v) is 4.04. The maximum Gasteiger partial charge on any atom is 0.245 e. The van der Waals surface area contributed by atoms with Crippen LogP contribution in [0, 0.1) is 0 Å². The fourth-order valence-electron chi connectivity index (χ4n) is 4.04. The molecular weight excluding hydrogens is 290 g/mol. The molecule has 0 aromatic heterocycles. The second kappa shape index (κ2) is 6.97. The largest absolute Gasteiger partial charge is 0.334 e. The molecule has 120 valence electrons. The van der Waals surface area contributed by atoms with Crippen molar-refractivity contribution in [2.45, 2.75) is 63.6 Å². The summed E-state index contributed by atoms with van der Waals surface area (Å²) >= 11 is 0. The van der Waals surface area contributed by atoms with Crippen LogP contribution in [0.5, 0.6) is 0 Å². The van der Waals surface area contributed by atoms with Gasteiger partial charge in [-0.1, -0.05) is 6.92 Å². The third-order valence-corrected chi connectivity index (χ3v) is 5.07. The van der Waals surface area contributed by atoms with E-state index >= 15 is 0 Å². The fraction of sp³-hybridized carbons (Fsp3) is 0.867. The van der Waals surface area contributed by atoms with E-state index in [4.69, 9.17) is 0 Å². The molecule has 0 radical (unpaired) electrons. The summed E-state index contributed by atoms with van der Waals surface area (Å²) < 4.78 is 0. The van der Waals surface area contributed by atoms with Gasteiger partial charge in [0.15, 0.2) is 0 Å². The number of amides is 2. The molecule has 0 aliphatic carbocycles. The van der Waals surface area contributed by atoms with Crippen molar-refractivity contribution in [3.05, 3.63) is 0 Å². The van der Waals surface area contributed by atoms with Crippen LogP contribution in [0.2, 0.25) is 0 Å². The number of halogens is 1. The molecule has 0 saturated carbocycles. The van der Waals surface area contributed by atoms with E-state index in [0.29, 0.717) is 18.5 Å². The number of nitrogens with one attached hydrogen (secondary N) is 1. The van der Waals surface area contributed by atoms with E-state index in [-0.39, 0.29) is 30.3 Å². The van der Waals surface area contributed by atoms with Gasteiger partial charge in [0.1, 0.15) is 6.04 Å². The zero-order chi connectivity index (χ0) is 14.1. The van der Waals surface area contributed by atoms with E-state index in [2.05, 4.69) is 10.2 Å². The third-order valence-electron chi connectivity index (χ3n) is 5.07. The molecule has 0 aromatic carbocycles. The van der Waals surface area contributed by atoms with Gasteiger partial charge in [-0.05, 0) is 38.6 Å². The second-order valence-electron chi connectivity index (χ2n) is 6.24. The van der Waals surface area contributed by atoms with Crippen LogP contribution in [0.1, 0.15) is 45.4 Å². The van der Waals surface area contributed by atoms with Crippen LogP contribution in [-0.2, 0) is 9.59 Å². The predicted octanol–water partition coefficient (Wildman–Crippen LogP) is 1.16. The van der Waals surface area contributed by atoms with Gasteiger partial charge in [0, 0.05) is 31.6 Å². The minimum atomic E-state index is -0.230. The van der Waals surface area contributed by atoms with Crippen LogP contribution in [0.15, 0.2) is 0 Å². The molecule has 2 amide bonds. The first-order chi connectivity index (χ1) is 9.72. The average molecular weight is 316 g/mol. The van der Waals surface area contributed by atoms with Crippen LogP contribution in [0.4, 0.5) is 0 Å². The molecule has 0 aromatic rings. The smallest absolute Gasteiger partial charge is 0.245 e. The normalized spacial score (nSPS) is 30.0. The average Bonchev–Trinajstić information content (AvgIpc) is 2.93. The molecule has 3 heterocycles. The van der Waals surface area contributed by atoms with Crippen molar-refractivity contribution in [3.63, 3.8) is 0 Å². The Labute approximate surface area is 132 Å². The number of hydrogen-bond acceptors (Lipinski definition) is 3. The zero-order valence-corrected chi connectivity index (χ0v) is 13.5. The molecule has 3 saturated heterocycles. The van der Waals surface area contributed by atoms with Crippen molar-refractivity contribution >= 4 is 24.2 Å². The van der Waals surface area contributed by atoms with Crippen molar-refractivity contribution in [1.29, 1.82) is 0 Å². The Morgan fingerprint density at radius 1 is 1.33 bits per heavy atom. The summed E-state index contributed by atoms with van der Waals surface area (Å²) in [4.78, 5) is 28.9. The van der Waals surface area contributed by atoms with Gasteiger partial charge in [-0.25, -0.2) is 0 Å². The lowest BCUT2D eigenvalue weighted by Gasteiger charge is -2.35. The monoisotopic (exact) mass is 315 g/mol. The van der Waals surface area contributed by atoms with Crippen LogP contribution in [-0.4, -0.2) is 59.4 Å². The highest BCUT2D eigenvalue weighted by Gasteiger charge is 2.42. The zero-order valence-electron chi connectivity index (χ0n) is 12.7. The molecule has 3 aliphatic heterocycles. The van der Waals surface area contributed by atoms with E-state index in [1.54, 1.807) is 0 Å².